The number of anilines is 3. The molecule has 5 N–H and O–H groups in total. The van der Waals surface area contributed by atoms with Crippen molar-refractivity contribution in [2.45, 2.75) is 6.54 Å². The molecule has 0 unspecified atom stereocenters. The van der Waals surface area contributed by atoms with Crippen LogP contribution in [0.4, 0.5) is 17.3 Å². The maximum Gasteiger partial charge on any atom is 0.212 e. The molecule has 0 radical (unpaired) electrons. The largest absolute Gasteiger partial charge is 0.481 e. The highest BCUT2D eigenvalue weighted by Crippen LogP contribution is 2.15. The molecular formula is C12H15N5O. The zero-order chi connectivity index (χ0) is 13.0. The van der Waals surface area contributed by atoms with E-state index < -0.39 is 0 Å². The summed E-state index contributed by atoms with van der Waals surface area (Å²) in [6.45, 7) is 0.605. The number of hydrogen-bond donors (Lipinski definition) is 3. The first kappa shape index (κ1) is 12.0. The van der Waals surface area contributed by atoms with Crippen LogP contribution in [0.25, 0.3) is 0 Å². The summed E-state index contributed by atoms with van der Waals surface area (Å²) in [6, 6.07) is 7.24. The molecule has 2 aromatic rings. The van der Waals surface area contributed by atoms with Crippen molar-refractivity contribution < 1.29 is 4.74 Å². The van der Waals surface area contributed by atoms with Crippen molar-refractivity contribution in [3.05, 3.63) is 36.0 Å². The molecule has 0 amide bonds. The second kappa shape index (κ2) is 5.22. The Balaban J connectivity index is 1.99. The SMILES string of the molecule is COc1ccc(CNc2ccc(N)c(N)n2)cn1. The Morgan fingerprint density at radius 3 is 2.67 bits per heavy atom. The quantitative estimate of drug-likeness (QED) is 0.750. The smallest absolute Gasteiger partial charge is 0.212 e. The van der Waals surface area contributed by atoms with Crippen LogP contribution in [0.15, 0.2) is 30.5 Å². The zero-order valence-electron chi connectivity index (χ0n) is 10.1. The second-order valence-corrected chi connectivity index (χ2v) is 3.73. The highest BCUT2D eigenvalue weighted by Gasteiger charge is 2.00. The van der Waals surface area contributed by atoms with Crippen LogP contribution in [-0.4, -0.2) is 17.1 Å². The lowest BCUT2D eigenvalue weighted by molar-refractivity contribution is 0.397. The molecule has 0 aliphatic carbocycles. The average molecular weight is 245 g/mol. The molecule has 6 heteroatoms. The molecule has 2 rings (SSSR count). The number of pyridine rings is 2. The fourth-order valence-corrected chi connectivity index (χ4v) is 1.41. The topological polar surface area (TPSA) is 99.1 Å². The molecule has 6 nitrogen and oxygen atoms in total. The van der Waals surface area contributed by atoms with Crippen molar-refractivity contribution in [2.75, 3.05) is 23.9 Å². The number of ether oxygens (including phenoxy) is 1. The number of hydrogen-bond acceptors (Lipinski definition) is 6. The number of aromatic nitrogens is 2. The maximum absolute atomic E-state index is 5.62. The van der Waals surface area contributed by atoms with Gasteiger partial charge < -0.3 is 21.5 Å². The second-order valence-electron chi connectivity index (χ2n) is 3.73. The Kier molecular flexibility index (Phi) is 3.47. The van der Waals surface area contributed by atoms with E-state index in [0.29, 0.717) is 29.7 Å². The monoisotopic (exact) mass is 245 g/mol. The molecule has 2 heterocycles. The van der Waals surface area contributed by atoms with E-state index in [1.807, 2.05) is 12.1 Å². The van der Waals surface area contributed by atoms with E-state index in [-0.39, 0.29) is 0 Å². The first-order valence-corrected chi connectivity index (χ1v) is 5.44. The van der Waals surface area contributed by atoms with Crippen LogP contribution in [0.1, 0.15) is 5.56 Å². The number of nitrogens with two attached hydrogens (primary N) is 2. The van der Waals surface area contributed by atoms with Crippen LogP contribution in [-0.2, 0) is 6.54 Å². The van der Waals surface area contributed by atoms with Crippen LogP contribution in [0, 0.1) is 0 Å². The highest BCUT2D eigenvalue weighted by molar-refractivity contribution is 5.61. The lowest BCUT2D eigenvalue weighted by atomic mass is 10.3. The van der Waals surface area contributed by atoms with Gasteiger partial charge in [-0.3, -0.25) is 0 Å². The van der Waals surface area contributed by atoms with E-state index in [0.717, 1.165) is 5.56 Å². The first-order chi connectivity index (χ1) is 8.69. The summed E-state index contributed by atoms with van der Waals surface area (Å²) in [4.78, 5) is 8.23. The van der Waals surface area contributed by atoms with Gasteiger partial charge in [-0.15, -0.1) is 0 Å². The summed E-state index contributed by atoms with van der Waals surface area (Å²) >= 11 is 0. The molecule has 0 fully saturated rings. The standard InChI is InChI=1S/C12H15N5O/c1-18-11-5-2-8(7-16-11)6-15-10-4-3-9(13)12(14)17-10/h2-5,7H,6,13H2,1H3,(H3,14,15,17). The van der Waals surface area contributed by atoms with Crippen molar-refractivity contribution in [3.8, 4) is 5.88 Å². The van der Waals surface area contributed by atoms with E-state index >= 15 is 0 Å². The molecular weight excluding hydrogens is 230 g/mol. The highest BCUT2D eigenvalue weighted by atomic mass is 16.5. The van der Waals surface area contributed by atoms with Gasteiger partial charge in [-0.1, -0.05) is 6.07 Å². The summed E-state index contributed by atoms with van der Waals surface area (Å²) in [5.74, 6) is 1.60. The van der Waals surface area contributed by atoms with Crippen molar-refractivity contribution in [2.24, 2.45) is 0 Å². The summed E-state index contributed by atoms with van der Waals surface area (Å²) in [6.07, 6.45) is 1.74. The molecule has 2 aromatic heterocycles. The van der Waals surface area contributed by atoms with Crippen LogP contribution in [0.3, 0.4) is 0 Å². The van der Waals surface area contributed by atoms with Crippen molar-refractivity contribution >= 4 is 17.3 Å². The van der Waals surface area contributed by atoms with E-state index in [9.17, 15) is 0 Å². The van der Waals surface area contributed by atoms with Crippen LogP contribution in [0.2, 0.25) is 0 Å². The molecule has 94 valence electrons. The molecule has 0 aromatic carbocycles. The van der Waals surface area contributed by atoms with Crippen molar-refractivity contribution in [1.29, 1.82) is 0 Å². The lowest BCUT2D eigenvalue weighted by Crippen LogP contribution is -2.05. The minimum Gasteiger partial charge on any atom is -0.481 e. The van der Waals surface area contributed by atoms with Gasteiger partial charge in [0.05, 0.1) is 12.8 Å². The molecule has 0 spiro atoms. The first-order valence-electron chi connectivity index (χ1n) is 5.44. The minimum absolute atomic E-state index is 0.327. The molecule has 0 aliphatic heterocycles. The van der Waals surface area contributed by atoms with Crippen LogP contribution >= 0.6 is 0 Å². The van der Waals surface area contributed by atoms with Crippen molar-refractivity contribution in [1.82, 2.24) is 9.97 Å². The normalized spacial score (nSPS) is 10.1. The molecule has 18 heavy (non-hydrogen) atoms. The fourth-order valence-electron chi connectivity index (χ4n) is 1.41. The van der Waals surface area contributed by atoms with Gasteiger partial charge in [-0.25, -0.2) is 9.97 Å². The number of nitrogen functional groups attached to an aromatic ring is 2. The summed E-state index contributed by atoms with van der Waals surface area (Å²) < 4.78 is 4.99. The van der Waals surface area contributed by atoms with Gasteiger partial charge in [0.25, 0.3) is 0 Å². The maximum atomic E-state index is 5.62. The van der Waals surface area contributed by atoms with E-state index in [1.54, 1.807) is 25.4 Å². The predicted molar refractivity (Wildman–Crippen MR) is 71.2 cm³/mol. The minimum atomic E-state index is 0.327. The summed E-state index contributed by atoms with van der Waals surface area (Å²) in [7, 11) is 1.58. The zero-order valence-corrected chi connectivity index (χ0v) is 10.1. The van der Waals surface area contributed by atoms with Gasteiger partial charge in [0.1, 0.15) is 11.6 Å². The van der Waals surface area contributed by atoms with Gasteiger partial charge in [0.2, 0.25) is 5.88 Å². The van der Waals surface area contributed by atoms with Gasteiger partial charge in [-0.05, 0) is 17.7 Å². The van der Waals surface area contributed by atoms with E-state index in [4.69, 9.17) is 16.2 Å². The Hall–Kier alpha value is -2.50. The Bertz CT molecular complexity index is 526. The van der Waals surface area contributed by atoms with Crippen LogP contribution < -0.4 is 21.5 Å². The molecule has 0 atom stereocenters. The number of methoxy groups -OCH3 is 1. The predicted octanol–water partition coefficient (Wildman–Crippen LogP) is 1.26. The number of nitrogens with one attached hydrogen (secondary N) is 1. The fraction of sp³-hybridized carbons (Fsp3) is 0.167. The third-order valence-electron chi connectivity index (χ3n) is 2.44. The van der Waals surface area contributed by atoms with Crippen molar-refractivity contribution in [3.63, 3.8) is 0 Å². The third kappa shape index (κ3) is 2.79. The number of nitrogens with zero attached hydrogens (tertiary/aromatic N) is 2. The Labute approximate surface area is 105 Å². The molecule has 0 saturated carbocycles. The molecule has 0 bridgehead atoms. The van der Waals surface area contributed by atoms with Gasteiger partial charge >= 0.3 is 0 Å². The molecule has 0 saturated heterocycles. The summed E-state index contributed by atoms with van der Waals surface area (Å²) in [5.41, 5.74) is 12.7. The van der Waals surface area contributed by atoms with Gasteiger partial charge in [0.15, 0.2) is 0 Å². The Morgan fingerprint density at radius 2 is 2.06 bits per heavy atom. The van der Waals surface area contributed by atoms with E-state index in [2.05, 4.69) is 15.3 Å². The van der Waals surface area contributed by atoms with Gasteiger partial charge in [-0.2, -0.15) is 0 Å². The molecule has 0 aliphatic rings. The van der Waals surface area contributed by atoms with Gasteiger partial charge in [0, 0.05) is 18.8 Å². The van der Waals surface area contributed by atoms with E-state index in [1.165, 1.54) is 0 Å². The average Bonchev–Trinajstić information content (AvgIpc) is 2.41. The lowest BCUT2D eigenvalue weighted by Gasteiger charge is -2.07. The van der Waals surface area contributed by atoms with Crippen LogP contribution in [0.5, 0.6) is 5.88 Å². The number of rotatable bonds is 4. The third-order valence-corrected chi connectivity index (χ3v) is 2.44. The Morgan fingerprint density at radius 1 is 1.22 bits per heavy atom. The summed E-state index contributed by atoms with van der Waals surface area (Å²) in [5, 5.41) is 3.14.